The van der Waals surface area contributed by atoms with E-state index >= 15 is 0 Å². The molecule has 7 heteroatoms. The molecule has 41 heavy (non-hydrogen) atoms. The average molecular weight is 664 g/mol. The summed E-state index contributed by atoms with van der Waals surface area (Å²) in [5.74, 6) is 0.608. The number of carbonyl (C=O) groups is 1. The SMILES string of the molecule is CCCCCCCCCCCCCCCCOc1cc(CC(=O)Nc2ccc(C[n+]3ccsc3)cc2)ccc1Cl.[Br-]. The van der Waals surface area contributed by atoms with Gasteiger partial charge in [-0.2, -0.15) is 4.57 Å². The first-order valence-corrected chi connectivity index (χ1v) is 16.7. The lowest BCUT2D eigenvalue weighted by Gasteiger charge is -2.11. The van der Waals surface area contributed by atoms with Crippen molar-refractivity contribution in [3.63, 3.8) is 0 Å². The van der Waals surface area contributed by atoms with Crippen LogP contribution in [0.5, 0.6) is 5.75 Å². The second-order valence-electron chi connectivity index (χ2n) is 10.8. The number of aromatic nitrogens is 1. The molecule has 2 aromatic carbocycles. The summed E-state index contributed by atoms with van der Waals surface area (Å²) in [6.45, 7) is 3.76. The summed E-state index contributed by atoms with van der Waals surface area (Å²) in [7, 11) is 0. The van der Waals surface area contributed by atoms with E-state index in [9.17, 15) is 4.79 Å². The van der Waals surface area contributed by atoms with E-state index in [2.05, 4.69) is 33.9 Å². The molecule has 226 valence electrons. The van der Waals surface area contributed by atoms with Gasteiger partial charge in [-0.1, -0.05) is 132 Å². The predicted molar refractivity (Wildman–Crippen MR) is 170 cm³/mol. The normalized spacial score (nSPS) is 10.8. The van der Waals surface area contributed by atoms with Crippen LogP contribution in [0.15, 0.2) is 59.6 Å². The zero-order chi connectivity index (χ0) is 28.3. The summed E-state index contributed by atoms with van der Waals surface area (Å²) in [6.07, 6.45) is 21.1. The maximum atomic E-state index is 12.6. The van der Waals surface area contributed by atoms with Gasteiger partial charge in [0.15, 0.2) is 12.7 Å². The Balaban J connectivity index is 0.00000588. The zero-order valence-corrected chi connectivity index (χ0v) is 27.9. The number of hydrogen-bond donors (Lipinski definition) is 1. The number of benzene rings is 2. The molecule has 0 aliphatic rings. The van der Waals surface area contributed by atoms with Gasteiger partial charge in [-0.05, 0) is 36.2 Å². The molecule has 0 aliphatic carbocycles. The van der Waals surface area contributed by atoms with Crippen molar-refractivity contribution in [3.05, 3.63) is 75.7 Å². The molecule has 1 heterocycles. The number of rotatable bonds is 21. The molecule has 0 unspecified atom stereocenters. The quantitative estimate of drug-likeness (QED) is 0.101. The summed E-state index contributed by atoms with van der Waals surface area (Å²) in [6, 6.07) is 13.6. The van der Waals surface area contributed by atoms with E-state index in [-0.39, 0.29) is 29.3 Å². The summed E-state index contributed by atoms with van der Waals surface area (Å²) in [5, 5.41) is 5.64. The topological polar surface area (TPSA) is 42.2 Å². The largest absolute Gasteiger partial charge is 1.00 e. The Labute approximate surface area is 267 Å². The van der Waals surface area contributed by atoms with Gasteiger partial charge in [-0.15, -0.1) is 0 Å². The maximum Gasteiger partial charge on any atom is 0.228 e. The highest BCUT2D eigenvalue weighted by atomic mass is 79.9. The van der Waals surface area contributed by atoms with Crippen molar-refractivity contribution in [1.82, 2.24) is 0 Å². The van der Waals surface area contributed by atoms with Gasteiger partial charge in [0.2, 0.25) is 11.4 Å². The second-order valence-corrected chi connectivity index (χ2v) is 12.0. The van der Waals surface area contributed by atoms with Crippen molar-refractivity contribution in [1.29, 1.82) is 0 Å². The number of nitrogens with one attached hydrogen (secondary N) is 1. The van der Waals surface area contributed by atoms with Crippen molar-refractivity contribution in [2.24, 2.45) is 0 Å². The van der Waals surface area contributed by atoms with Gasteiger partial charge < -0.3 is 27.0 Å². The zero-order valence-electron chi connectivity index (χ0n) is 24.7. The first-order valence-electron chi connectivity index (χ1n) is 15.4. The van der Waals surface area contributed by atoms with Crippen molar-refractivity contribution < 1.29 is 31.1 Å². The monoisotopic (exact) mass is 662 g/mol. The molecule has 0 aliphatic heterocycles. The molecule has 0 fully saturated rings. The second kappa shape index (κ2) is 21.8. The highest BCUT2D eigenvalue weighted by Crippen LogP contribution is 2.26. The Morgan fingerprint density at radius 1 is 0.829 bits per heavy atom. The van der Waals surface area contributed by atoms with Gasteiger partial charge in [-0.25, -0.2) is 0 Å². The number of unbranched alkanes of at least 4 members (excludes halogenated alkanes) is 13. The standard InChI is InChI=1S/C34H47ClN2O2S.BrH/c1-2-3-4-5-6-7-8-9-10-11-12-13-14-15-23-39-33-25-30(18-21-32(33)35)26-34(38)36-31-19-16-29(17-20-31)27-37-22-24-40-28-37;/h16-22,24-25,28H,2-15,23,26-27H2,1H3;1H. The molecule has 3 rings (SSSR count). The Morgan fingerprint density at radius 2 is 1.41 bits per heavy atom. The fraction of sp³-hybridized carbons (Fsp3) is 0.529. The van der Waals surface area contributed by atoms with Crippen LogP contribution < -0.4 is 31.6 Å². The number of thiazole rings is 1. The molecular formula is C34H48BrClN2O2S. The molecule has 0 atom stereocenters. The Morgan fingerprint density at radius 3 is 2.00 bits per heavy atom. The molecular weight excluding hydrogens is 616 g/mol. The smallest absolute Gasteiger partial charge is 0.228 e. The van der Waals surface area contributed by atoms with Crippen LogP contribution in [-0.4, -0.2) is 12.5 Å². The molecule has 0 radical (unpaired) electrons. The van der Waals surface area contributed by atoms with Gasteiger partial charge in [0.1, 0.15) is 5.75 Å². The fourth-order valence-electron chi connectivity index (χ4n) is 4.89. The van der Waals surface area contributed by atoms with Crippen LogP contribution in [0.1, 0.15) is 108 Å². The molecule has 0 saturated carbocycles. The minimum absolute atomic E-state index is 0. The molecule has 0 bridgehead atoms. The number of ether oxygens (including phenoxy) is 1. The van der Waals surface area contributed by atoms with E-state index in [0.717, 1.165) is 24.2 Å². The van der Waals surface area contributed by atoms with Gasteiger partial charge in [0, 0.05) is 11.3 Å². The van der Waals surface area contributed by atoms with Crippen LogP contribution in [0.4, 0.5) is 5.69 Å². The average Bonchev–Trinajstić information content (AvgIpc) is 3.46. The van der Waals surface area contributed by atoms with Crippen LogP contribution in [0.25, 0.3) is 0 Å². The Kier molecular flexibility index (Phi) is 18.7. The summed E-state index contributed by atoms with van der Waals surface area (Å²) in [4.78, 5) is 12.6. The number of nitrogens with zero attached hydrogens (tertiary/aromatic N) is 1. The van der Waals surface area contributed by atoms with Gasteiger partial charge in [-0.3, -0.25) is 4.79 Å². The summed E-state index contributed by atoms with van der Waals surface area (Å²) in [5.41, 5.74) is 4.97. The minimum atomic E-state index is -0.0554. The van der Waals surface area contributed by atoms with E-state index < -0.39 is 0 Å². The lowest BCUT2D eigenvalue weighted by atomic mass is 10.0. The van der Waals surface area contributed by atoms with Gasteiger partial charge >= 0.3 is 0 Å². The van der Waals surface area contributed by atoms with Crippen LogP contribution >= 0.6 is 22.9 Å². The van der Waals surface area contributed by atoms with Crippen molar-refractivity contribution in [2.75, 3.05) is 11.9 Å². The minimum Gasteiger partial charge on any atom is -1.00 e. The highest BCUT2D eigenvalue weighted by molar-refractivity contribution is 7.07. The van der Waals surface area contributed by atoms with Crippen LogP contribution in [0.3, 0.4) is 0 Å². The Bertz CT molecular complexity index is 1090. The number of carbonyl (C=O) groups excluding carboxylic acids is 1. The predicted octanol–water partition coefficient (Wildman–Crippen LogP) is 6.78. The molecule has 4 nitrogen and oxygen atoms in total. The van der Waals surface area contributed by atoms with Crippen molar-refractivity contribution >= 4 is 34.5 Å². The molecule has 3 aromatic rings. The summed E-state index contributed by atoms with van der Waals surface area (Å²) >= 11 is 8.04. The van der Waals surface area contributed by atoms with E-state index in [1.165, 1.54) is 89.0 Å². The van der Waals surface area contributed by atoms with E-state index in [0.29, 0.717) is 17.4 Å². The maximum absolute atomic E-state index is 12.6. The van der Waals surface area contributed by atoms with Crippen molar-refractivity contribution in [2.45, 2.75) is 110 Å². The van der Waals surface area contributed by atoms with E-state index in [4.69, 9.17) is 16.3 Å². The van der Waals surface area contributed by atoms with Crippen LogP contribution in [0, 0.1) is 0 Å². The third-order valence-corrected chi connectivity index (χ3v) is 8.23. The number of amides is 1. The van der Waals surface area contributed by atoms with E-state index in [1.807, 2.05) is 42.5 Å². The van der Waals surface area contributed by atoms with Gasteiger partial charge in [0.25, 0.3) is 0 Å². The first kappa shape index (κ1) is 35.3. The molecule has 1 aromatic heterocycles. The molecule has 1 amide bonds. The first-order chi connectivity index (χ1) is 19.6. The highest BCUT2D eigenvalue weighted by Gasteiger charge is 2.09. The van der Waals surface area contributed by atoms with Crippen LogP contribution in [0.2, 0.25) is 5.02 Å². The third kappa shape index (κ3) is 15.2. The third-order valence-electron chi connectivity index (χ3n) is 7.25. The lowest BCUT2D eigenvalue weighted by molar-refractivity contribution is -0.683. The Hall–Kier alpha value is -1.89. The van der Waals surface area contributed by atoms with Crippen LogP contribution in [-0.2, 0) is 17.8 Å². The van der Waals surface area contributed by atoms with E-state index in [1.54, 1.807) is 11.3 Å². The number of hydrogen-bond acceptors (Lipinski definition) is 3. The molecule has 0 saturated heterocycles. The lowest BCUT2D eigenvalue weighted by Crippen LogP contribution is -3.00. The fourth-order valence-corrected chi connectivity index (χ4v) is 5.66. The number of halogens is 2. The van der Waals surface area contributed by atoms with Crippen molar-refractivity contribution in [3.8, 4) is 5.75 Å². The molecule has 1 N–H and O–H groups in total. The number of anilines is 1. The molecule has 0 spiro atoms. The summed E-state index contributed by atoms with van der Waals surface area (Å²) < 4.78 is 8.11. The van der Waals surface area contributed by atoms with Gasteiger partial charge in [0.05, 0.1) is 23.4 Å².